The van der Waals surface area contributed by atoms with E-state index in [9.17, 15) is 28.0 Å². The maximum absolute atomic E-state index is 14.8. The van der Waals surface area contributed by atoms with E-state index in [1.165, 1.54) is 0 Å². The van der Waals surface area contributed by atoms with Crippen molar-refractivity contribution >= 4 is 70.5 Å². The van der Waals surface area contributed by atoms with Gasteiger partial charge in [-0.05, 0) is 47.9 Å². The number of nitrogens with one attached hydrogen (secondary N) is 6. The molecule has 60 heavy (non-hydrogen) atoms. The highest BCUT2D eigenvalue weighted by Crippen LogP contribution is 2.33. The summed E-state index contributed by atoms with van der Waals surface area (Å²) in [4.78, 5) is 65.8. The van der Waals surface area contributed by atoms with Gasteiger partial charge in [-0.1, -0.05) is 51.4 Å². The van der Waals surface area contributed by atoms with Gasteiger partial charge in [0.15, 0.2) is 23.3 Å². The maximum atomic E-state index is 14.8. The minimum absolute atomic E-state index is 0.00710. The molecule has 2 saturated heterocycles. The van der Waals surface area contributed by atoms with Crippen molar-refractivity contribution in [2.24, 2.45) is 23.7 Å². The molecule has 20 nitrogen and oxygen atoms in total. The van der Waals surface area contributed by atoms with Crippen LogP contribution in [0.5, 0.6) is 0 Å². The molecule has 0 aromatic carbocycles. The minimum atomic E-state index is -1.20. The number of aromatic nitrogens is 4. The van der Waals surface area contributed by atoms with Crippen LogP contribution in [0.15, 0.2) is 0 Å². The summed E-state index contributed by atoms with van der Waals surface area (Å²) >= 11 is 11.8. The number of anilines is 4. The molecule has 2 aromatic heterocycles. The lowest BCUT2D eigenvalue weighted by atomic mass is 9.92. The first-order valence-electron chi connectivity index (χ1n) is 19.8. The van der Waals surface area contributed by atoms with Gasteiger partial charge in [0.05, 0.1) is 24.0 Å². The number of rotatable bonds is 18. The van der Waals surface area contributed by atoms with Crippen molar-refractivity contribution in [3.05, 3.63) is 22.2 Å². The highest BCUT2D eigenvalue weighted by Gasteiger charge is 2.34. The van der Waals surface area contributed by atoms with Gasteiger partial charge in [-0.3, -0.25) is 31.3 Å². The van der Waals surface area contributed by atoms with Crippen LogP contribution in [0.25, 0.3) is 0 Å². The van der Waals surface area contributed by atoms with Crippen LogP contribution in [-0.2, 0) is 19.1 Å². The zero-order valence-electron chi connectivity index (χ0n) is 33.3. The minimum Gasteiger partial charge on any atom is -0.465 e. The maximum Gasteiger partial charge on any atom is 0.404 e. The zero-order chi connectivity index (χ0) is 43.3. The number of halogens is 4. The first kappa shape index (κ1) is 46.3. The van der Waals surface area contributed by atoms with Crippen LogP contribution < -0.4 is 42.1 Å². The van der Waals surface area contributed by atoms with Gasteiger partial charge in [-0.2, -0.15) is 28.7 Å². The molecule has 4 fully saturated rings. The molecule has 2 atom stereocenters. The van der Waals surface area contributed by atoms with Crippen molar-refractivity contribution in [1.29, 1.82) is 0 Å². The number of carbonyl (C=O) groups is 4. The quantitative estimate of drug-likeness (QED) is 0.0777. The number of hydrogen-bond acceptors (Lipinski definition) is 14. The average molecular weight is 890 g/mol. The fourth-order valence-corrected chi connectivity index (χ4v) is 7.98. The highest BCUT2D eigenvalue weighted by molar-refractivity contribution is 6.28. The summed E-state index contributed by atoms with van der Waals surface area (Å²) in [7, 11) is 3.16. The average Bonchev–Trinajstić information content (AvgIpc) is 3.90. The van der Waals surface area contributed by atoms with E-state index >= 15 is 0 Å². The predicted molar refractivity (Wildman–Crippen MR) is 216 cm³/mol. The van der Waals surface area contributed by atoms with Crippen molar-refractivity contribution in [1.82, 2.24) is 41.4 Å². The zero-order valence-corrected chi connectivity index (χ0v) is 34.8. The number of methoxy groups -OCH3 is 2. The Hall–Kier alpha value is -4.80. The molecule has 0 bridgehead atoms. The number of carboxylic acid groups (broad SMARTS) is 2. The van der Waals surface area contributed by atoms with Gasteiger partial charge in [-0.25, -0.2) is 9.59 Å². The number of ether oxygens (including phenoxy) is 2. The van der Waals surface area contributed by atoms with E-state index in [1.807, 2.05) is 0 Å². The number of amides is 4. The Balaban J connectivity index is 0.000000228. The van der Waals surface area contributed by atoms with Gasteiger partial charge < -0.3 is 40.1 Å². The summed E-state index contributed by atoms with van der Waals surface area (Å²) in [5.41, 5.74) is 9.81. The second kappa shape index (κ2) is 22.2. The third-order valence-electron chi connectivity index (χ3n) is 11.1. The summed E-state index contributed by atoms with van der Waals surface area (Å²) < 4.78 is 40.0. The summed E-state index contributed by atoms with van der Waals surface area (Å²) in [6.45, 7) is 1.83. The fourth-order valence-electron chi connectivity index (χ4n) is 7.65. The lowest BCUT2D eigenvalue weighted by Gasteiger charge is -2.39. The van der Waals surface area contributed by atoms with E-state index in [-0.39, 0.29) is 59.1 Å². The molecule has 0 radical (unpaired) electrons. The molecule has 2 saturated carbocycles. The van der Waals surface area contributed by atoms with Gasteiger partial charge in [0.1, 0.15) is 0 Å². The van der Waals surface area contributed by atoms with Gasteiger partial charge in [0, 0.05) is 53.5 Å². The molecule has 6 rings (SSSR count). The van der Waals surface area contributed by atoms with Crippen LogP contribution in [0.2, 0.25) is 10.6 Å². The van der Waals surface area contributed by atoms with Crippen LogP contribution in [0.4, 0.5) is 41.6 Å². The number of carbonyl (C=O) groups excluding carboxylic acids is 2. The molecule has 8 N–H and O–H groups in total. The second-order valence-corrected chi connectivity index (χ2v) is 15.9. The van der Waals surface area contributed by atoms with Crippen molar-refractivity contribution in [2.75, 3.05) is 74.1 Å². The van der Waals surface area contributed by atoms with E-state index in [1.54, 1.807) is 24.0 Å². The van der Waals surface area contributed by atoms with Gasteiger partial charge in [0.2, 0.25) is 34.0 Å². The predicted octanol–water partition coefficient (Wildman–Crippen LogP) is 4.02. The molecule has 4 aliphatic rings. The second-order valence-electron chi connectivity index (χ2n) is 15.2. The molecule has 0 spiro atoms. The monoisotopic (exact) mass is 888 g/mol. The van der Waals surface area contributed by atoms with Crippen molar-refractivity contribution in [2.45, 2.75) is 76.4 Å². The van der Waals surface area contributed by atoms with E-state index in [4.69, 9.17) is 42.9 Å². The van der Waals surface area contributed by atoms with E-state index in [0.29, 0.717) is 50.9 Å². The molecule has 2 aliphatic heterocycles. The Bertz CT molecular complexity index is 1670. The van der Waals surface area contributed by atoms with Gasteiger partial charge >= 0.3 is 12.2 Å². The van der Waals surface area contributed by atoms with Crippen LogP contribution in [0.1, 0.15) is 64.2 Å². The number of nitrogens with zero attached hydrogens (tertiary/aromatic N) is 6. The largest absolute Gasteiger partial charge is 0.465 e. The lowest BCUT2D eigenvalue weighted by Crippen LogP contribution is -2.52. The van der Waals surface area contributed by atoms with Crippen molar-refractivity contribution in [3.8, 4) is 0 Å². The van der Waals surface area contributed by atoms with Gasteiger partial charge in [-0.15, -0.1) is 0 Å². The highest BCUT2D eigenvalue weighted by atomic mass is 35.5. The first-order valence-corrected chi connectivity index (χ1v) is 20.6. The van der Waals surface area contributed by atoms with Crippen LogP contribution in [0.3, 0.4) is 0 Å². The smallest absolute Gasteiger partial charge is 0.404 e. The fraction of sp³-hybridized carbons (Fsp3) is 0.667. The summed E-state index contributed by atoms with van der Waals surface area (Å²) in [5.74, 6) is -3.30. The molecule has 4 amide bonds. The Morgan fingerprint density at radius 2 is 1.02 bits per heavy atom. The molecule has 24 heteroatoms. The van der Waals surface area contributed by atoms with Crippen molar-refractivity contribution < 1.29 is 47.6 Å². The first-order chi connectivity index (χ1) is 28.7. The Labute approximate surface area is 355 Å². The molecule has 0 unspecified atom stereocenters. The summed E-state index contributed by atoms with van der Waals surface area (Å²) in [5, 5.41) is 21.9. The molecule has 4 heterocycles. The third-order valence-corrected chi connectivity index (χ3v) is 11.4. The normalized spacial score (nSPS) is 18.0. The number of hydrogen-bond donors (Lipinski definition) is 8. The van der Waals surface area contributed by atoms with E-state index in [2.05, 4.69) is 52.3 Å². The lowest BCUT2D eigenvalue weighted by molar-refractivity contribution is -0.125. The Morgan fingerprint density at radius 1 is 0.667 bits per heavy atom. The van der Waals surface area contributed by atoms with Crippen LogP contribution in [-0.4, -0.2) is 120 Å². The van der Waals surface area contributed by atoms with Crippen LogP contribution in [0, 0.1) is 35.3 Å². The van der Waals surface area contributed by atoms with Crippen molar-refractivity contribution in [3.63, 3.8) is 0 Å². The molecule has 2 aliphatic carbocycles. The Morgan fingerprint density at radius 3 is 1.33 bits per heavy atom. The Kier molecular flexibility index (Phi) is 17.1. The summed E-state index contributed by atoms with van der Waals surface area (Å²) in [6, 6.07) is 0. The van der Waals surface area contributed by atoms with Crippen LogP contribution >= 0.6 is 23.2 Å². The van der Waals surface area contributed by atoms with E-state index in [0.717, 1.165) is 51.4 Å². The van der Waals surface area contributed by atoms with Gasteiger partial charge in [0.25, 0.3) is 0 Å². The topological polar surface area (TPSA) is 257 Å². The third kappa shape index (κ3) is 13.1. The summed E-state index contributed by atoms with van der Waals surface area (Å²) in [6.07, 6.45) is 7.19. The van der Waals surface area contributed by atoms with E-state index < -0.39 is 47.5 Å². The SMILES string of the molecule is COC1CN(c2nc(Cl)nc(NNC(=O)[C@@H](CNC(=O)O)CC3CCCC3)c2F)C1.COC1CN(c2nc(Cl)nc(NNC(=O)[C@@H](CNC(=O)O)CC3CCCC3)c2F)C1. The molecule has 332 valence electrons. The molecular weight excluding hydrogens is 837 g/mol. The number of hydrazine groups is 2. The molecule has 2 aromatic rings. The molecular formula is C36H52Cl2F2N12O8. The standard InChI is InChI=1S/2C18H26ClFN6O4/c2*1-30-12-8-26(9-12)15-13(20)14(22-17(19)23-15)24-25-16(27)11(7-21-18(28)29)6-10-4-2-3-5-10/h2*10-12,21H,2-9H2,1H3,(H,25,27)(H,28,29)(H,22,23,24)/t2*11-/m11/s1.